The molecule has 0 saturated carbocycles. The highest BCUT2D eigenvalue weighted by molar-refractivity contribution is 5.83. The molecule has 1 heterocycles. The lowest BCUT2D eigenvalue weighted by molar-refractivity contribution is 0.418. The molecule has 0 spiro atoms. The van der Waals surface area contributed by atoms with Gasteiger partial charge in [-0.3, -0.25) is 9.36 Å². The van der Waals surface area contributed by atoms with Crippen molar-refractivity contribution in [3.8, 4) is 5.75 Å². The molecular formula is C13H17N3O2. The van der Waals surface area contributed by atoms with Crippen LogP contribution in [0.2, 0.25) is 0 Å². The Balaban J connectivity index is 2.59. The molecule has 96 valence electrons. The monoisotopic (exact) mass is 247 g/mol. The van der Waals surface area contributed by atoms with Gasteiger partial charge in [0.15, 0.2) is 0 Å². The van der Waals surface area contributed by atoms with E-state index in [1.165, 1.54) is 0 Å². The first-order chi connectivity index (χ1) is 8.67. The second kappa shape index (κ2) is 5.18. The molecular weight excluding hydrogens is 230 g/mol. The molecule has 0 aliphatic carbocycles. The molecule has 1 atom stereocenters. The molecule has 0 radical (unpaired) electrons. The third-order valence-electron chi connectivity index (χ3n) is 3.00. The summed E-state index contributed by atoms with van der Waals surface area (Å²) in [6.45, 7) is 2.59. The summed E-state index contributed by atoms with van der Waals surface area (Å²) in [5.74, 6) is 0.566. The maximum Gasteiger partial charge on any atom is 0.265 e. The number of methoxy groups -OCH3 is 1. The smallest absolute Gasteiger partial charge is 0.265 e. The van der Waals surface area contributed by atoms with Crippen molar-refractivity contribution in [1.29, 1.82) is 0 Å². The van der Waals surface area contributed by atoms with E-state index in [0.29, 0.717) is 23.2 Å². The van der Waals surface area contributed by atoms with Crippen molar-refractivity contribution < 1.29 is 4.74 Å². The summed E-state index contributed by atoms with van der Waals surface area (Å²) in [5, 5.41) is 3.63. The largest absolute Gasteiger partial charge is 0.496 e. The zero-order chi connectivity index (χ0) is 13.1. The molecule has 0 fully saturated rings. The highest BCUT2D eigenvalue weighted by Gasteiger charge is 2.10. The predicted molar refractivity (Wildman–Crippen MR) is 71.1 cm³/mol. The number of hydrogen-bond acceptors (Lipinski definition) is 4. The number of fused-ring (bicyclic) bond motifs is 1. The van der Waals surface area contributed by atoms with Gasteiger partial charge in [0.1, 0.15) is 11.1 Å². The number of rotatable bonds is 4. The lowest BCUT2D eigenvalue weighted by Crippen LogP contribution is -2.32. The molecule has 1 aromatic heterocycles. The van der Waals surface area contributed by atoms with Crippen molar-refractivity contribution in [1.82, 2.24) is 14.9 Å². The Morgan fingerprint density at radius 2 is 2.28 bits per heavy atom. The second-order valence-corrected chi connectivity index (χ2v) is 4.25. The van der Waals surface area contributed by atoms with Crippen LogP contribution in [-0.2, 0) is 6.54 Å². The van der Waals surface area contributed by atoms with E-state index < -0.39 is 0 Å². The van der Waals surface area contributed by atoms with Crippen molar-refractivity contribution in [2.24, 2.45) is 0 Å². The number of likely N-dealkylation sites (N-methyl/N-ethyl adjacent to an activating group) is 1. The van der Waals surface area contributed by atoms with Gasteiger partial charge in [0.25, 0.3) is 5.56 Å². The van der Waals surface area contributed by atoms with Crippen LogP contribution in [0.1, 0.15) is 6.92 Å². The normalized spacial score (nSPS) is 12.6. The summed E-state index contributed by atoms with van der Waals surface area (Å²) in [6.07, 6.45) is 1.58. The van der Waals surface area contributed by atoms with Crippen LogP contribution >= 0.6 is 0 Å². The van der Waals surface area contributed by atoms with E-state index in [9.17, 15) is 4.79 Å². The summed E-state index contributed by atoms with van der Waals surface area (Å²) >= 11 is 0. The van der Waals surface area contributed by atoms with Crippen molar-refractivity contribution in [3.63, 3.8) is 0 Å². The molecule has 0 aliphatic rings. The third kappa shape index (κ3) is 2.22. The fourth-order valence-corrected chi connectivity index (χ4v) is 1.86. The Morgan fingerprint density at radius 3 is 2.94 bits per heavy atom. The first-order valence-corrected chi connectivity index (χ1v) is 5.86. The van der Waals surface area contributed by atoms with Gasteiger partial charge in [0, 0.05) is 12.6 Å². The van der Waals surface area contributed by atoms with Crippen LogP contribution in [0.15, 0.2) is 29.3 Å². The van der Waals surface area contributed by atoms with Crippen molar-refractivity contribution in [3.05, 3.63) is 34.9 Å². The SMILES string of the molecule is CNC(C)Cn1cnc2cccc(OC)c2c1=O. The minimum atomic E-state index is -0.0699. The van der Waals surface area contributed by atoms with E-state index in [0.717, 1.165) is 0 Å². The number of benzene rings is 1. The average Bonchev–Trinajstić information content (AvgIpc) is 2.41. The lowest BCUT2D eigenvalue weighted by Gasteiger charge is -2.13. The maximum atomic E-state index is 12.4. The van der Waals surface area contributed by atoms with Gasteiger partial charge in [-0.1, -0.05) is 6.07 Å². The van der Waals surface area contributed by atoms with E-state index in [4.69, 9.17) is 4.74 Å². The maximum absolute atomic E-state index is 12.4. The van der Waals surface area contributed by atoms with Gasteiger partial charge >= 0.3 is 0 Å². The zero-order valence-electron chi connectivity index (χ0n) is 10.8. The highest BCUT2D eigenvalue weighted by Crippen LogP contribution is 2.19. The van der Waals surface area contributed by atoms with Crippen LogP contribution in [-0.4, -0.2) is 29.8 Å². The van der Waals surface area contributed by atoms with Gasteiger partial charge in [-0.05, 0) is 26.1 Å². The number of ether oxygens (including phenoxy) is 1. The van der Waals surface area contributed by atoms with Crippen LogP contribution in [0.3, 0.4) is 0 Å². The Kier molecular flexibility index (Phi) is 3.62. The van der Waals surface area contributed by atoms with E-state index >= 15 is 0 Å². The fraction of sp³-hybridized carbons (Fsp3) is 0.385. The van der Waals surface area contributed by atoms with Gasteiger partial charge in [-0.2, -0.15) is 0 Å². The number of hydrogen-bond donors (Lipinski definition) is 1. The van der Waals surface area contributed by atoms with E-state index in [2.05, 4.69) is 10.3 Å². The fourth-order valence-electron chi connectivity index (χ4n) is 1.86. The molecule has 0 aliphatic heterocycles. The minimum Gasteiger partial charge on any atom is -0.496 e. The van der Waals surface area contributed by atoms with Crippen LogP contribution in [0, 0.1) is 0 Å². The summed E-state index contributed by atoms with van der Waals surface area (Å²) in [7, 11) is 3.42. The molecule has 0 amide bonds. The molecule has 1 aromatic carbocycles. The van der Waals surface area contributed by atoms with Gasteiger partial charge in [0.2, 0.25) is 0 Å². The summed E-state index contributed by atoms with van der Waals surface area (Å²) < 4.78 is 6.83. The number of nitrogens with one attached hydrogen (secondary N) is 1. The Hall–Kier alpha value is -1.88. The van der Waals surface area contributed by atoms with Crippen LogP contribution in [0.5, 0.6) is 5.75 Å². The minimum absolute atomic E-state index is 0.0699. The molecule has 5 heteroatoms. The zero-order valence-corrected chi connectivity index (χ0v) is 10.8. The molecule has 2 rings (SSSR count). The van der Waals surface area contributed by atoms with Crippen LogP contribution < -0.4 is 15.6 Å². The van der Waals surface area contributed by atoms with E-state index in [1.807, 2.05) is 26.1 Å². The quantitative estimate of drug-likeness (QED) is 0.876. The third-order valence-corrected chi connectivity index (χ3v) is 3.00. The molecule has 18 heavy (non-hydrogen) atoms. The van der Waals surface area contributed by atoms with E-state index in [1.54, 1.807) is 24.1 Å². The van der Waals surface area contributed by atoms with Crippen molar-refractivity contribution in [2.75, 3.05) is 14.2 Å². The first kappa shape index (κ1) is 12.6. The number of nitrogens with zero attached hydrogens (tertiary/aromatic N) is 2. The summed E-state index contributed by atoms with van der Waals surface area (Å²) in [5.41, 5.74) is 0.590. The average molecular weight is 247 g/mol. The van der Waals surface area contributed by atoms with Gasteiger partial charge in [-0.25, -0.2) is 4.98 Å². The topological polar surface area (TPSA) is 56.1 Å². The molecule has 0 bridgehead atoms. The Morgan fingerprint density at radius 1 is 1.50 bits per heavy atom. The van der Waals surface area contributed by atoms with E-state index in [-0.39, 0.29) is 11.6 Å². The lowest BCUT2D eigenvalue weighted by atomic mass is 10.2. The molecule has 0 saturated heterocycles. The van der Waals surface area contributed by atoms with Crippen LogP contribution in [0.4, 0.5) is 0 Å². The van der Waals surface area contributed by atoms with Crippen molar-refractivity contribution in [2.45, 2.75) is 19.5 Å². The molecule has 2 aromatic rings. The summed E-state index contributed by atoms with van der Waals surface area (Å²) in [6, 6.07) is 5.62. The van der Waals surface area contributed by atoms with Gasteiger partial charge in [-0.15, -0.1) is 0 Å². The van der Waals surface area contributed by atoms with Gasteiger partial charge < -0.3 is 10.1 Å². The number of aromatic nitrogens is 2. The molecule has 5 nitrogen and oxygen atoms in total. The molecule has 1 unspecified atom stereocenters. The summed E-state index contributed by atoms with van der Waals surface area (Å²) in [4.78, 5) is 16.7. The predicted octanol–water partition coefficient (Wildman–Crippen LogP) is 1.01. The highest BCUT2D eigenvalue weighted by atomic mass is 16.5. The Labute approximate surface area is 105 Å². The Bertz CT molecular complexity index is 607. The van der Waals surface area contributed by atoms with Crippen LogP contribution in [0.25, 0.3) is 10.9 Å². The van der Waals surface area contributed by atoms with Crippen molar-refractivity contribution >= 4 is 10.9 Å². The first-order valence-electron chi connectivity index (χ1n) is 5.86. The molecule has 1 N–H and O–H groups in total. The van der Waals surface area contributed by atoms with Gasteiger partial charge in [0.05, 0.1) is 19.0 Å². The standard InChI is InChI=1S/C13H17N3O2/c1-9(14-2)7-16-8-15-10-5-4-6-11(18-3)12(10)13(16)17/h4-6,8-9,14H,7H2,1-3H3. The second-order valence-electron chi connectivity index (χ2n) is 4.25.